The van der Waals surface area contributed by atoms with Crippen molar-refractivity contribution in [2.75, 3.05) is 11.9 Å². The molecule has 106 valence electrons. The molecular formula is C14H11ClN4O2. The summed E-state index contributed by atoms with van der Waals surface area (Å²) in [6, 6.07) is 11.4. The molecule has 3 rings (SSSR count). The molecule has 6 nitrogen and oxygen atoms in total. The van der Waals surface area contributed by atoms with Crippen LogP contribution in [0, 0.1) is 5.21 Å². The highest BCUT2D eigenvalue weighted by molar-refractivity contribution is 6.31. The number of anilines is 2. The lowest BCUT2D eigenvalue weighted by Gasteiger charge is -2.16. The van der Waals surface area contributed by atoms with E-state index >= 15 is 0 Å². The molecule has 0 atom stereocenters. The first-order valence-corrected chi connectivity index (χ1v) is 6.52. The van der Waals surface area contributed by atoms with Gasteiger partial charge in [-0.05, 0) is 41.2 Å². The second-order valence-corrected chi connectivity index (χ2v) is 4.93. The lowest BCUT2D eigenvalue weighted by molar-refractivity contribution is -0.641. The number of nitrogens with zero attached hydrogens (tertiary/aromatic N) is 4. The maximum atomic E-state index is 12.0. The average Bonchev–Trinajstić information content (AvgIpc) is 2.48. The molecule has 2 aromatic carbocycles. The molecule has 0 saturated heterocycles. The van der Waals surface area contributed by atoms with Gasteiger partial charge in [-0.2, -0.15) is 0 Å². The van der Waals surface area contributed by atoms with Gasteiger partial charge in [-0.25, -0.2) is 4.98 Å². The molecule has 7 heteroatoms. The number of hydrogen-bond acceptors (Lipinski definition) is 5. The van der Waals surface area contributed by atoms with Crippen LogP contribution < -0.4 is 9.75 Å². The molecule has 0 unspecified atom stereocenters. The van der Waals surface area contributed by atoms with E-state index in [0.717, 1.165) is 5.69 Å². The predicted octanol–water partition coefficient (Wildman–Crippen LogP) is 2.39. The number of halogens is 1. The van der Waals surface area contributed by atoms with Gasteiger partial charge >= 0.3 is 0 Å². The maximum Gasteiger partial charge on any atom is 0.297 e. The zero-order valence-electron chi connectivity index (χ0n) is 11.1. The number of rotatable bonds is 2. The molecule has 0 aliphatic rings. The molecule has 1 N–H and O–H groups in total. The van der Waals surface area contributed by atoms with Gasteiger partial charge in [0, 0.05) is 23.8 Å². The SMILES string of the molecule is CN(c1ccc(O)cc1)c1nc2ccc(Cl)cc2[n+]([O-])n1. The normalized spacial score (nSPS) is 10.8. The van der Waals surface area contributed by atoms with E-state index < -0.39 is 0 Å². The smallest absolute Gasteiger partial charge is 0.297 e. The Morgan fingerprint density at radius 2 is 1.90 bits per heavy atom. The molecule has 0 saturated carbocycles. The van der Waals surface area contributed by atoms with Crippen LogP contribution in [0.3, 0.4) is 0 Å². The van der Waals surface area contributed by atoms with E-state index in [9.17, 15) is 10.3 Å². The zero-order valence-corrected chi connectivity index (χ0v) is 11.8. The van der Waals surface area contributed by atoms with E-state index in [4.69, 9.17) is 11.6 Å². The molecule has 0 fully saturated rings. The summed E-state index contributed by atoms with van der Waals surface area (Å²) in [7, 11) is 1.74. The van der Waals surface area contributed by atoms with Gasteiger partial charge < -0.3 is 15.2 Å². The molecule has 0 bridgehead atoms. The first kappa shape index (κ1) is 13.4. The summed E-state index contributed by atoms with van der Waals surface area (Å²) in [6.45, 7) is 0. The molecule has 1 heterocycles. The minimum Gasteiger partial charge on any atom is -0.594 e. The summed E-state index contributed by atoms with van der Waals surface area (Å²) in [5.41, 5.74) is 1.57. The van der Waals surface area contributed by atoms with Gasteiger partial charge in [0.15, 0.2) is 0 Å². The standard InChI is InChI=1S/C14H11ClN4O2/c1-18(10-3-5-11(20)6-4-10)14-16-12-7-2-9(15)8-13(12)19(21)17-14/h2-8,20H,1H3. The number of benzene rings is 2. The second-order valence-electron chi connectivity index (χ2n) is 4.49. The topological polar surface area (TPSA) is 76.2 Å². The summed E-state index contributed by atoms with van der Waals surface area (Å²) >= 11 is 5.86. The van der Waals surface area contributed by atoms with Crippen molar-refractivity contribution in [2.45, 2.75) is 0 Å². The van der Waals surface area contributed by atoms with E-state index in [1.807, 2.05) is 0 Å². The van der Waals surface area contributed by atoms with Crippen LogP contribution in [0.1, 0.15) is 0 Å². The fraction of sp³-hybridized carbons (Fsp3) is 0.0714. The summed E-state index contributed by atoms with van der Waals surface area (Å²) in [4.78, 5) is 6.50. The molecule has 1 aromatic heterocycles. The molecule has 3 aromatic rings. The van der Waals surface area contributed by atoms with Crippen LogP contribution in [0.5, 0.6) is 5.75 Å². The Labute approximate surface area is 125 Å². The van der Waals surface area contributed by atoms with Crippen molar-refractivity contribution < 1.29 is 9.95 Å². The zero-order chi connectivity index (χ0) is 15.0. The molecule has 21 heavy (non-hydrogen) atoms. The molecule has 0 aliphatic heterocycles. The van der Waals surface area contributed by atoms with Gasteiger partial charge in [0.1, 0.15) is 11.3 Å². The monoisotopic (exact) mass is 302 g/mol. The Bertz CT molecular complexity index is 808. The Morgan fingerprint density at radius 3 is 2.62 bits per heavy atom. The summed E-state index contributed by atoms with van der Waals surface area (Å²) < 4.78 is 0. The fourth-order valence-electron chi connectivity index (χ4n) is 1.94. The van der Waals surface area contributed by atoms with Crippen molar-refractivity contribution in [1.82, 2.24) is 10.1 Å². The summed E-state index contributed by atoms with van der Waals surface area (Å²) in [5, 5.41) is 25.6. The van der Waals surface area contributed by atoms with Gasteiger partial charge in [0.2, 0.25) is 0 Å². The van der Waals surface area contributed by atoms with Crippen LogP contribution in [0.2, 0.25) is 5.02 Å². The van der Waals surface area contributed by atoms with Crippen molar-refractivity contribution in [2.24, 2.45) is 0 Å². The van der Waals surface area contributed by atoms with Crippen molar-refractivity contribution in [3.05, 3.63) is 52.7 Å². The van der Waals surface area contributed by atoms with Crippen LogP contribution in [-0.2, 0) is 0 Å². The highest BCUT2D eigenvalue weighted by atomic mass is 35.5. The molecule has 0 radical (unpaired) electrons. The van der Waals surface area contributed by atoms with Crippen molar-refractivity contribution in [1.29, 1.82) is 0 Å². The Kier molecular flexibility index (Phi) is 3.23. The first-order chi connectivity index (χ1) is 10.0. The third-order valence-electron chi connectivity index (χ3n) is 3.08. The number of phenols is 1. The van der Waals surface area contributed by atoms with Gasteiger partial charge in [0.05, 0.1) is 5.10 Å². The Balaban J connectivity index is 2.08. The minimum atomic E-state index is 0.167. The van der Waals surface area contributed by atoms with Crippen LogP contribution in [-0.4, -0.2) is 22.2 Å². The summed E-state index contributed by atoms with van der Waals surface area (Å²) in [5.74, 6) is 0.422. The maximum absolute atomic E-state index is 12.0. The van der Waals surface area contributed by atoms with Crippen LogP contribution in [0.4, 0.5) is 11.6 Å². The Hall–Kier alpha value is -2.60. The number of phenolic OH excluding ortho intramolecular Hbond substituents is 1. The third kappa shape index (κ3) is 2.53. The molecule has 0 aliphatic carbocycles. The number of aromatic nitrogens is 3. The van der Waals surface area contributed by atoms with E-state index in [1.54, 1.807) is 48.3 Å². The fourth-order valence-corrected chi connectivity index (χ4v) is 2.11. The van der Waals surface area contributed by atoms with Crippen molar-refractivity contribution in [3.8, 4) is 5.75 Å². The molecule has 0 spiro atoms. The average molecular weight is 303 g/mol. The number of fused-ring (bicyclic) bond motifs is 1. The first-order valence-electron chi connectivity index (χ1n) is 6.14. The van der Waals surface area contributed by atoms with E-state index in [2.05, 4.69) is 10.1 Å². The predicted molar refractivity (Wildman–Crippen MR) is 79.7 cm³/mol. The van der Waals surface area contributed by atoms with Gasteiger partial charge in [-0.1, -0.05) is 11.6 Å². The van der Waals surface area contributed by atoms with Crippen molar-refractivity contribution >= 4 is 34.3 Å². The highest BCUT2D eigenvalue weighted by Crippen LogP contribution is 2.23. The van der Waals surface area contributed by atoms with Gasteiger partial charge in [-0.15, -0.1) is 0 Å². The number of aromatic hydroxyl groups is 1. The largest absolute Gasteiger partial charge is 0.594 e. The van der Waals surface area contributed by atoms with E-state index in [1.165, 1.54) is 6.07 Å². The van der Waals surface area contributed by atoms with Crippen LogP contribution >= 0.6 is 11.6 Å². The minimum absolute atomic E-state index is 0.167. The van der Waals surface area contributed by atoms with Crippen LogP contribution in [0.15, 0.2) is 42.5 Å². The quantitative estimate of drug-likeness (QED) is 0.581. The highest BCUT2D eigenvalue weighted by Gasteiger charge is 2.15. The van der Waals surface area contributed by atoms with Crippen molar-refractivity contribution in [3.63, 3.8) is 0 Å². The van der Waals surface area contributed by atoms with E-state index in [-0.39, 0.29) is 11.7 Å². The molecule has 0 amide bonds. The lowest BCUT2D eigenvalue weighted by atomic mass is 10.3. The van der Waals surface area contributed by atoms with Crippen LogP contribution in [0.25, 0.3) is 11.0 Å². The Morgan fingerprint density at radius 1 is 1.19 bits per heavy atom. The third-order valence-corrected chi connectivity index (χ3v) is 3.32. The lowest BCUT2D eigenvalue weighted by Crippen LogP contribution is -2.34. The summed E-state index contributed by atoms with van der Waals surface area (Å²) in [6.07, 6.45) is 0. The number of hydrogen-bond donors (Lipinski definition) is 1. The van der Waals surface area contributed by atoms with Gasteiger partial charge in [-0.3, -0.25) is 0 Å². The second kappa shape index (κ2) is 5.06. The molecular weight excluding hydrogens is 292 g/mol. The van der Waals surface area contributed by atoms with E-state index in [0.29, 0.717) is 20.9 Å². The van der Waals surface area contributed by atoms with Gasteiger partial charge in [0.25, 0.3) is 11.5 Å².